The minimum atomic E-state index is -0.843. The van der Waals surface area contributed by atoms with Crippen molar-refractivity contribution in [3.8, 4) is 12.5 Å². The monoisotopic (exact) mass is 374 g/mol. The Morgan fingerprint density at radius 1 is 1.41 bits per heavy atom. The van der Waals surface area contributed by atoms with Crippen LogP contribution in [0.3, 0.4) is 0 Å². The molecule has 1 atom stereocenters. The normalized spacial score (nSPS) is 14.5. The molecule has 0 aromatic rings. The van der Waals surface area contributed by atoms with E-state index in [1.807, 2.05) is 45.9 Å². The van der Waals surface area contributed by atoms with Crippen LogP contribution in [0.15, 0.2) is 40.6 Å². The van der Waals surface area contributed by atoms with Crippen LogP contribution in [0, 0.1) is 12.5 Å². The molecule has 0 bridgehead atoms. The van der Waals surface area contributed by atoms with Gasteiger partial charge in [0.1, 0.15) is 0 Å². The summed E-state index contributed by atoms with van der Waals surface area (Å²) in [4.78, 5) is 17.3. The van der Waals surface area contributed by atoms with E-state index >= 15 is 0 Å². The van der Waals surface area contributed by atoms with Crippen LogP contribution < -0.4 is 10.6 Å². The summed E-state index contributed by atoms with van der Waals surface area (Å²) in [5, 5.41) is 15.0. The van der Waals surface area contributed by atoms with Gasteiger partial charge in [-0.25, -0.2) is 0 Å². The van der Waals surface area contributed by atoms with Crippen LogP contribution in [0.4, 0.5) is 0 Å². The van der Waals surface area contributed by atoms with Crippen LogP contribution in [0.25, 0.3) is 0 Å². The summed E-state index contributed by atoms with van der Waals surface area (Å²) < 4.78 is 0. The highest BCUT2D eigenvalue weighted by Crippen LogP contribution is 2.06. The lowest BCUT2D eigenvalue weighted by atomic mass is 10.1. The average molecular weight is 375 g/mol. The summed E-state index contributed by atoms with van der Waals surface area (Å²) in [5.41, 5.74) is 2.94. The zero-order valence-electron chi connectivity index (χ0n) is 17.2. The summed E-state index contributed by atoms with van der Waals surface area (Å²) >= 11 is 0. The van der Waals surface area contributed by atoms with Crippen molar-refractivity contribution in [1.29, 1.82) is 0 Å². The number of hydrogen-bond donors (Lipinski definition) is 3. The quantitative estimate of drug-likeness (QED) is 0.200. The van der Waals surface area contributed by atoms with E-state index in [0.717, 1.165) is 29.9 Å². The molecule has 3 N–H and O–H groups in total. The van der Waals surface area contributed by atoms with Crippen molar-refractivity contribution in [1.82, 2.24) is 15.5 Å². The molecule has 0 heterocycles. The topological polar surface area (TPSA) is 77.0 Å². The Hall–Kier alpha value is -2.36. The van der Waals surface area contributed by atoms with Crippen LogP contribution in [-0.4, -0.2) is 61.0 Å². The van der Waals surface area contributed by atoms with Crippen LogP contribution in [0.1, 0.15) is 34.1 Å². The third kappa shape index (κ3) is 13.5. The minimum absolute atomic E-state index is 0.00842. The lowest BCUT2D eigenvalue weighted by molar-refractivity contribution is -0.137. The summed E-state index contributed by atoms with van der Waals surface area (Å²) in [6, 6.07) is 2.55. The lowest BCUT2D eigenvalue weighted by Gasteiger charge is -2.15. The lowest BCUT2D eigenvalue weighted by Crippen LogP contribution is -2.30. The molecule has 27 heavy (non-hydrogen) atoms. The van der Waals surface area contributed by atoms with E-state index in [0.29, 0.717) is 13.1 Å². The number of nitrogens with one attached hydrogen (secondary N) is 2. The molecule has 0 amide bonds. The molecule has 0 aliphatic carbocycles. The first-order chi connectivity index (χ1) is 12.8. The molecule has 1 unspecified atom stereocenters. The van der Waals surface area contributed by atoms with Gasteiger partial charge in [0, 0.05) is 30.5 Å². The predicted octanol–water partition coefficient (Wildman–Crippen LogP) is 2.42. The van der Waals surface area contributed by atoms with Crippen molar-refractivity contribution in [3.05, 3.63) is 35.6 Å². The Morgan fingerprint density at radius 3 is 2.67 bits per heavy atom. The molecular formula is C21H34N4O2. The largest absolute Gasteiger partial charge is 0.480 e. The van der Waals surface area contributed by atoms with Gasteiger partial charge in [-0.3, -0.25) is 14.7 Å². The molecule has 0 rings (SSSR count). The van der Waals surface area contributed by atoms with Crippen LogP contribution in [0.2, 0.25) is 0 Å². The molecule has 150 valence electrons. The number of allylic oxidation sites excluding steroid dienone is 3. The van der Waals surface area contributed by atoms with Gasteiger partial charge in [0.2, 0.25) is 0 Å². The van der Waals surface area contributed by atoms with Gasteiger partial charge in [-0.05, 0) is 52.9 Å². The number of nitrogens with zero attached hydrogens (tertiary/aromatic N) is 2. The van der Waals surface area contributed by atoms with Gasteiger partial charge in [-0.2, -0.15) is 0 Å². The molecule has 0 radical (unpaired) electrons. The number of aliphatic imine (C=N–C) groups is 1. The van der Waals surface area contributed by atoms with Gasteiger partial charge >= 0.3 is 5.97 Å². The molecular weight excluding hydrogens is 340 g/mol. The molecule has 0 aromatic carbocycles. The zero-order valence-corrected chi connectivity index (χ0v) is 17.2. The van der Waals surface area contributed by atoms with E-state index in [2.05, 4.69) is 22.8 Å². The van der Waals surface area contributed by atoms with Crippen molar-refractivity contribution in [2.24, 2.45) is 4.99 Å². The van der Waals surface area contributed by atoms with E-state index in [1.54, 1.807) is 11.9 Å². The molecule has 0 saturated heterocycles. The number of likely N-dealkylation sites (N-methyl/N-ethyl adjacent to an activating group) is 2. The first-order valence-electron chi connectivity index (χ1n) is 9.21. The van der Waals surface area contributed by atoms with Crippen LogP contribution >= 0.6 is 0 Å². The van der Waals surface area contributed by atoms with Gasteiger partial charge in [-0.1, -0.05) is 31.1 Å². The summed E-state index contributed by atoms with van der Waals surface area (Å²) in [6.45, 7) is 10.1. The predicted molar refractivity (Wildman–Crippen MR) is 114 cm³/mol. The van der Waals surface area contributed by atoms with Gasteiger partial charge < -0.3 is 15.7 Å². The van der Waals surface area contributed by atoms with E-state index < -0.39 is 5.97 Å². The Bertz CT molecular complexity index is 612. The molecule has 0 fully saturated rings. The third-order valence-corrected chi connectivity index (χ3v) is 3.56. The van der Waals surface area contributed by atoms with Crippen LogP contribution in [-0.2, 0) is 4.79 Å². The Morgan fingerprint density at radius 2 is 2.11 bits per heavy atom. The van der Waals surface area contributed by atoms with Gasteiger partial charge in [-0.15, -0.1) is 0 Å². The first kappa shape index (κ1) is 24.6. The smallest absolute Gasteiger partial charge is 0.317 e. The number of carboxylic acids is 1. The van der Waals surface area contributed by atoms with E-state index in [9.17, 15) is 4.79 Å². The zero-order chi connectivity index (χ0) is 20.7. The van der Waals surface area contributed by atoms with E-state index in [1.165, 1.54) is 0 Å². The SMILES string of the molecule is C#CN/C(=C\C(C)=C/CC(C)N=C(/C=C\C)CN(C)CC(=O)O)CNCC. The first-order valence-corrected chi connectivity index (χ1v) is 9.21. The standard InChI is InChI=1S/C21H34N4O2/c1-7-10-19(15-25(6)16-21(26)27)24-18(5)12-11-17(4)13-20(23-9-3)14-22-8-2/h3,7,10-11,13,18,22-23H,8,12,14-16H2,1-2,4-6H3,(H,26,27)/b10-7-,17-11-,20-13-,24-19?. The fourth-order valence-corrected chi connectivity index (χ4v) is 2.40. The highest BCUT2D eigenvalue weighted by Gasteiger charge is 2.07. The molecule has 0 aromatic heterocycles. The second-order valence-corrected chi connectivity index (χ2v) is 6.44. The Labute approximate surface area is 164 Å². The average Bonchev–Trinajstić information content (AvgIpc) is 2.57. The maximum Gasteiger partial charge on any atom is 0.317 e. The third-order valence-electron chi connectivity index (χ3n) is 3.56. The van der Waals surface area contributed by atoms with Crippen molar-refractivity contribution < 1.29 is 9.90 Å². The van der Waals surface area contributed by atoms with Gasteiger partial charge in [0.25, 0.3) is 0 Å². The maximum atomic E-state index is 10.8. The number of hydrogen-bond acceptors (Lipinski definition) is 5. The Balaban J connectivity index is 4.96. The summed E-state index contributed by atoms with van der Waals surface area (Å²) in [7, 11) is 1.77. The van der Waals surface area contributed by atoms with Crippen molar-refractivity contribution in [2.75, 3.05) is 33.2 Å². The number of terminal acetylenes is 1. The maximum absolute atomic E-state index is 10.8. The molecule has 0 aliphatic heterocycles. The molecule has 0 aliphatic rings. The number of carbonyl (C=O) groups is 1. The van der Waals surface area contributed by atoms with Crippen molar-refractivity contribution in [3.63, 3.8) is 0 Å². The Kier molecular flexibility index (Phi) is 13.5. The molecule has 6 nitrogen and oxygen atoms in total. The van der Waals surface area contributed by atoms with Crippen molar-refractivity contribution >= 4 is 11.7 Å². The van der Waals surface area contributed by atoms with E-state index in [4.69, 9.17) is 16.5 Å². The fraction of sp³-hybridized carbons (Fsp3) is 0.524. The number of rotatable bonds is 13. The number of aliphatic carboxylic acids is 1. The van der Waals surface area contributed by atoms with Gasteiger partial charge in [0.15, 0.2) is 0 Å². The second kappa shape index (κ2) is 14.8. The van der Waals surface area contributed by atoms with Gasteiger partial charge in [0.05, 0.1) is 12.6 Å². The number of carboxylic acid groups (broad SMARTS) is 1. The second-order valence-electron chi connectivity index (χ2n) is 6.44. The fourth-order valence-electron chi connectivity index (χ4n) is 2.40. The van der Waals surface area contributed by atoms with E-state index in [-0.39, 0.29) is 12.6 Å². The highest BCUT2D eigenvalue weighted by molar-refractivity contribution is 5.96. The molecule has 6 heteroatoms. The summed E-state index contributed by atoms with van der Waals surface area (Å²) in [5.74, 6) is -0.843. The minimum Gasteiger partial charge on any atom is -0.480 e. The van der Waals surface area contributed by atoms with Crippen molar-refractivity contribution in [2.45, 2.75) is 40.2 Å². The molecule has 0 saturated carbocycles. The summed E-state index contributed by atoms with van der Waals surface area (Å²) in [6.07, 6.45) is 14.1. The van der Waals surface area contributed by atoms with Crippen LogP contribution in [0.5, 0.6) is 0 Å². The molecule has 0 spiro atoms. The highest BCUT2D eigenvalue weighted by atomic mass is 16.4.